The summed E-state index contributed by atoms with van der Waals surface area (Å²) in [7, 11) is 0. The van der Waals surface area contributed by atoms with Crippen LogP contribution in [0.1, 0.15) is 24.0 Å². The van der Waals surface area contributed by atoms with E-state index in [9.17, 15) is 0 Å². The molecule has 9 nitrogen and oxygen atoms in total. The van der Waals surface area contributed by atoms with E-state index >= 15 is 0 Å². The molecular weight excluding hydrogens is 679 g/mol. The van der Waals surface area contributed by atoms with Gasteiger partial charge in [0.25, 0.3) is 0 Å². The van der Waals surface area contributed by atoms with Crippen LogP contribution in [-0.4, -0.2) is 53.0 Å². The number of hydrogen-bond acceptors (Lipinski definition) is 7. The molecule has 0 saturated carbocycles. The minimum absolute atomic E-state index is 0.594. The fourth-order valence-corrected chi connectivity index (χ4v) is 8.94. The van der Waals surface area contributed by atoms with Crippen LogP contribution in [0.5, 0.6) is 0 Å². The minimum atomic E-state index is 0.594. The third-order valence-electron chi connectivity index (χ3n) is 11.8. The molecule has 2 N–H and O–H groups in total. The smallest absolute Gasteiger partial charge is 0.164 e. The molecule has 3 aliphatic heterocycles. The quantitative estimate of drug-likeness (QED) is 0.163. The molecule has 9 heteroatoms. The highest BCUT2D eigenvalue weighted by Crippen LogP contribution is 2.40. The van der Waals surface area contributed by atoms with Crippen LogP contribution in [0.15, 0.2) is 103 Å². The normalized spacial score (nSPS) is 13.7. The number of aromatic nitrogens is 8. The Morgan fingerprint density at radius 1 is 0.400 bits per heavy atom. The Labute approximate surface area is 314 Å². The first-order chi connectivity index (χ1) is 27.1. The Morgan fingerprint density at radius 3 is 1.27 bits per heavy atom. The fourth-order valence-electron chi connectivity index (χ4n) is 8.94. The number of fused-ring (bicyclic) bond motifs is 22. The van der Waals surface area contributed by atoms with Crippen LogP contribution in [0.4, 0.5) is 5.69 Å². The molecule has 3 aliphatic rings. The number of rotatable bonds is 1. The summed E-state index contributed by atoms with van der Waals surface area (Å²) in [5.41, 5.74) is 10.2. The molecule has 12 rings (SSSR count). The first-order valence-corrected chi connectivity index (χ1v) is 18.9. The maximum atomic E-state index is 5.30. The van der Waals surface area contributed by atoms with E-state index in [1.807, 2.05) is 36.4 Å². The molecule has 0 atom stereocenters. The van der Waals surface area contributed by atoms with Crippen LogP contribution in [0, 0.1) is 13.8 Å². The van der Waals surface area contributed by atoms with Crippen molar-refractivity contribution < 1.29 is 0 Å². The third kappa shape index (κ3) is 4.46. The molecule has 55 heavy (non-hydrogen) atoms. The Balaban J connectivity index is 1.23. The number of anilines is 1. The maximum absolute atomic E-state index is 5.30. The van der Waals surface area contributed by atoms with Gasteiger partial charge in [-0.3, -0.25) is 0 Å². The summed E-state index contributed by atoms with van der Waals surface area (Å²) < 4.78 is 0. The number of aryl methyl sites for hydroxylation is 2. The van der Waals surface area contributed by atoms with E-state index in [1.54, 1.807) is 0 Å². The van der Waals surface area contributed by atoms with Gasteiger partial charge in [0.1, 0.15) is 22.6 Å². The van der Waals surface area contributed by atoms with Gasteiger partial charge < -0.3 is 14.9 Å². The molecule has 0 unspecified atom stereocenters. The first kappa shape index (κ1) is 30.5. The predicted molar refractivity (Wildman–Crippen MR) is 222 cm³/mol. The number of benzene rings is 6. The zero-order valence-electron chi connectivity index (χ0n) is 30.3. The molecule has 6 heterocycles. The second-order valence-corrected chi connectivity index (χ2v) is 14.9. The summed E-state index contributed by atoms with van der Waals surface area (Å²) in [4.78, 5) is 40.7. The lowest BCUT2D eigenvalue weighted by Crippen LogP contribution is -2.17. The van der Waals surface area contributed by atoms with Gasteiger partial charge in [-0.05, 0) is 83.6 Å². The van der Waals surface area contributed by atoms with Crippen LogP contribution >= 0.6 is 0 Å². The molecule has 0 spiro atoms. The summed E-state index contributed by atoms with van der Waals surface area (Å²) in [5.74, 6) is 2.38. The van der Waals surface area contributed by atoms with Crippen LogP contribution in [0.3, 0.4) is 0 Å². The topological polar surface area (TPSA) is 112 Å². The van der Waals surface area contributed by atoms with Crippen molar-refractivity contribution in [3.8, 4) is 45.6 Å². The van der Waals surface area contributed by atoms with Gasteiger partial charge in [0.05, 0.1) is 0 Å². The Bertz CT molecular complexity index is 3310. The lowest BCUT2D eigenvalue weighted by molar-refractivity contribution is 0.949. The van der Waals surface area contributed by atoms with E-state index in [0.29, 0.717) is 45.9 Å². The highest BCUT2D eigenvalue weighted by molar-refractivity contribution is 6.16. The summed E-state index contributed by atoms with van der Waals surface area (Å²) in [5, 5.41) is 8.81. The van der Waals surface area contributed by atoms with Gasteiger partial charge in [0.15, 0.2) is 23.3 Å². The van der Waals surface area contributed by atoms with Gasteiger partial charge in [0.2, 0.25) is 0 Å². The molecule has 6 aromatic carbocycles. The van der Waals surface area contributed by atoms with Crippen molar-refractivity contribution in [3.63, 3.8) is 0 Å². The summed E-state index contributed by atoms with van der Waals surface area (Å²) in [6.45, 7) is 6.72. The molecular formula is C46H33N9. The van der Waals surface area contributed by atoms with E-state index in [0.717, 1.165) is 56.9 Å². The molecule has 0 radical (unpaired) electrons. The number of hydrogen-bond donors (Lipinski definition) is 2. The molecule has 0 amide bonds. The molecule has 0 aliphatic carbocycles. The number of nitrogens with zero attached hydrogens (tertiary/aromatic N) is 7. The van der Waals surface area contributed by atoms with Gasteiger partial charge in [-0.2, -0.15) is 0 Å². The van der Waals surface area contributed by atoms with E-state index < -0.39 is 0 Å². The lowest BCUT2D eigenvalue weighted by atomic mass is 9.91. The molecule has 3 aromatic heterocycles. The zero-order valence-corrected chi connectivity index (χ0v) is 30.3. The number of H-pyrrole nitrogens is 2. The summed E-state index contributed by atoms with van der Waals surface area (Å²) in [6, 6.07) is 36.0. The lowest BCUT2D eigenvalue weighted by Gasteiger charge is -2.20. The third-order valence-corrected chi connectivity index (χ3v) is 11.8. The standard InChI is InChI=1S/C46H33N9/c1-24-27-18-17-26(55-19-9-10-20-55)21-34(27)25(2)36-23-38-37(22-35(24)36)45-52-43-32-15-7-5-13-30(32)41(50-43)48-39-28-11-3-4-12-29(28)40(47-39)49-42-31-14-6-8-16-33(31)44(51-42)53-46(38)54-45/h3-8,11-18,21-23H,9-10,19-20H2,1-2H3,(H2,47,48,49,50,51,52,53,54). The monoisotopic (exact) mass is 711 g/mol. The Kier molecular flexibility index (Phi) is 6.23. The minimum Gasteiger partial charge on any atom is -0.372 e. The second-order valence-electron chi connectivity index (χ2n) is 14.9. The zero-order chi connectivity index (χ0) is 36.4. The van der Waals surface area contributed by atoms with Crippen molar-refractivity contribution in [2.24, 2.45) is 0 Å². The van der Waals surface area contributed by atoms with Gasteiger partial charge >= 0.3 is 0 Å². The largest absolute Gasteiger partial charge is 0.372 e. The van der Waals surface area contributed by atoms with Crippen LogP contribution in [-0.2, 0) is 0 Å². The fraction of sp³-hybridized carbons (Fsp3) is 0.130. The SMILES string of the molecule is Cc1c2ccc(N3CCCC3)cc2c(C)c2cc3c4nc5nc(nc6[nH]c(nc7nc(nc([nH]4)c3cc12)-c1ccccc1-7)c1ccccc61)-c1ccccc1-5. The van der Waals surface area contributed by atoms with E-state index in [4.69, 9.17) is 29.9 Å². The van der Waals surface area contributed by atoms with Crippen molar-refractivity contribution in [2.45, 2.75) is 26.7 Å². The van der Waals surface area contributed by atoms with Gasteiger partial charge in [-0.15, -0.1) is 0 Å². The second kappa shape index (κ2) is 11.3. The van der Waals surface area contributed by atoms with Crippen LogP contribution in [0.2, 0.25) is 0 Å². The molecule has 1 saturated heterocycles. The van der Waals surface area contributed by atoms with E-state index in [-0.39, 0.29) is 0 Å². The number of aromatic amines is 2. The van der Waals surface area contributed by atoms with Gasteiger partial charge in [-0.1, -0.05) is 78.9 Å². The van der Waals surface area contributed by atoms with E-state index in [2.05, 4.69) is 95.4 Å². The van der Waals surface area contributed by atoms with Crippen molar-refractivity contribution in [1.82, 2.24) is 39.9 Å². The molecule has 8 bridgehead atoms. The van der Waals surface area contributed by atoms with Crippen molar-refractivity contribution in [2.75, 3.05) is 18.0 Å². The van der Waals surface area contributed by atoms with Gasteiger partial charge in [0, 0.05) is 62.6 Å². The summed E-state index contributed by atoms with van der Waals surface area (Å²) in [6.07, 6.45) is 2.50. The van der Waals surface area contributed by atoms with Gasteiger partial charge in [-0.25, -0.2) is 29.9 Å². The average molecular weight is 712 g/mol. The van der Waals surface area contributed by atoms with Crippen molar-refractivity contribution in [1.29, 1.82) is 0 Å². The number of nitrogens with one attached hydrogen (secondary N) is 2. The molecule has 9 aromatic rings. The Morgan fingerprint density at radius 2 is 0.800 bits per heavy atom. The van der Waals surface area contributed by atoms with E-state index in [1.165, 1.54) is 51.2 Å². The maximum Gasteiger partial charge on any atom is 0.164 e. The molecule has 262 valence electrons. The first-order valence-electron chi connectivity index (χ1n) is 18.9. The highest BCUT2D eigenvalue weighted by atomic mass is 15.1. The molecule has 1 fully saturated rings. The predicted octanol–water partition coefficient (Wildman–Crippen LogP) is 10.4. The summed E-state index contributed by atoms with van der Waals surface area (Å²) >= 11 is 0. The average Bonchev–Trinajstić information content (AvgIpc) is 4.06. The van der Waals surface area contributed by atoms with Crippen LogP contribution < -0.4 is 4.90 Å². The van der Waals surface area contributed by atoms with Crippen molar-refractivity contribution >= 4 is 71.4 Å². The Hall–Kier alpha value is -7.00. The van der Waals surface area contributed by atoms with Crippen molar-refractivity contribution in [3.05, 3.63) is 114 Å². The van der Waals surface area contributed by atoms with Crippen LogP contribution in [0.25, 0.3) is 111 Å². The highest BCUT2D eigenvalue weighted by Gasteiger charge is 2.23.